The summed E-state index contributed by atoms with van der Waals surface area (Å²) in [6.45, 7) is 2.04. The summed E-state index contributed by atoms with van der Waals surface area (Å²) in [7, 11) is 0. The van der Waals surface area contributed by atoms with Gasteiger partial charge in [-0.1, -0.05) is 48.0 Å². The molecule has 0 unspecified atom stereocenters. The van der Waals surface area contributed by atoms with Crippen molar-refractivity contribution < 1.29 is 4.79 Å². The minimum atomic E-state index is -0.0542. The van der Waals surface area contributed by atoms with Crippen LogP contribution in [-0.4, -0.2) is 20.9 Å². The molecule has 4 rings (SSSR count). The normalized spacial score (nSPS) is 10.8. The van der Waals surface area contributed by atoms with E-state index < -0.39 is 0 Å². The van der Waals surface area contributed by atoms with E-state index in [0.29, 0.717) is 6.42 Å². The minimum Gasteiger partial charge on any atom is -0.326 e. The van der Waals surface area contributed by atoms with E-state index in [1.165, 1.54) is 5.56 Å². The molecule has 1 aromatic heterocycles. The van der Waals surface area contributed by atoms with Crippen LogP contribution in [0.2, 0.25) is 0 Å². The number of aromatic nitrogens is 3. The number of hydrogen-bond donors (Lipinski definition) is 1. The standard InChI is InChI=1S/C21H18N4O/c1-15-7-10-18(11-8-15)25-23-19-12-9-17(14-20(19)24-25)22-21(26)13-16-5-3-2-4-6-16/h2-12,14H,13H2,1H3,(H,22,26). The highest BCUT2D eigenvalue weighted by atomic mass is 16.1. The highest BCUT2D eigenvalue weighted by molar-refractivity contribution is 5.94. The van der Waals surface area contributed by atoms with Gasteiger partial charge >= 0.3 is 0 Å². The third-order valence-electron chi connectivity index (χ3n) is 4.14. The van der Waals surface area contributed by atoms with Gasteiger partial charge in [-0.2, -0.15) is 4.80 Å². The number of amides is 1. The average molecular weight is 342 g/mol. The predicted octanol–water partition coefficient (Wildman–Crippen LogP) is 3.91. The number of fused-ring (bicyclic) bond motifs is 1. The van der Waals surface area contributed by atoms with E-state index in [4.69, 9.17) is 0 Å². The smallest absolute Gasteiger partial charge is 0.228 e. The summed E-state index contributed by atoms with van der Waals surface area (Å²) in [6, 6.07) is 23.2. The molecule has 0 aliphatic rings. The summed E-state index contributed by atoms with van der Waals surface area (Å²) in [6.07, 6.45) is 0.342. The van der Waals surface area contributed by atoms with Crippen LogP contribution in [0.1, 0.15) is 11.1 Å². The fourth-order valence-electron chi connectivity index (χ4n) is 2.77. The topological polar surface area (TPSA) is 59.8 Å². The molecule has 0 atom stereocenters. The molecule has 0 saturated heterocycles. The predicted molar refractivity (Wildman–Crippen MR) is 102 cm³/mol. The van der Waals surface area contributed by atoms with Crippen molar-refractivity contribution in [3.05, 3.63) is 83.9 Å². The van der Waals surface area contributed by atoms with Gasteiger partial charge in [0.2, 0.25) is 5.91 Å². The van der Waals surface area contributed by atoms with Crippen LogP contribution in [0.5, 0.6) is 0 Å². The van der Waals surface area contributed by atoms with E-state index >= 15 is 0 Å². The number of rotatable bonds is 4. The lowest BCUT2D eigenvalue weighted by Gasteiger charge is -2.04. The Labute approximate surface area is 151 Å². The molecule has 3 aromatic carbocycles. The van der Waals surface area contributed by atoms with Crippen molar-refractivity contribution in [3.63, 3.8) is 0 Å². The number of aryl methyl sites for hydroxylation is 1. The molecule has 1 amide bonds. The van der Waals surface area contributed by atoms with Gasteiger partial charge in [0, 0.05) is 5.69 Å². The molecule has 4 aromatic rings. The second-order valence-electron chi connectivity index (χ2n) is 6.24. The summed E-state index contributed by atoms with van der Waals surface area (Å²) in [5, 5.41) is 11.9. The van der Waals surface area contributed by atoms with Gasteiger partial charge in [0.05, 0.1) is 12.1 Å². The number of nitrogens with zero attached hydrogens (tertiary/aromatic N) is 3. The van der Waals surface area contributed by atoms with Crippen molar-refractivity contribution in [1.82, 2.24) is 15.0 Å². The molecule has 0 aliphatic carbocycles. The van der Waals surface area contributed by atoms with E-state index in [9.17, 15) is 4.79 Å². The van der Waals surface area contributed by atoms with Gasteiger partial charge in [0.1, 0.15) is 11.0 Å². The minimum absolute atomic E-state index is 0.0542. The largest absolute Gasteiger partial charge is 0.326 e. The summed E-state index contributed by atoms with van der Waals surface area (Å²) < 4.78 is 0. The van der Waals surface area contributed by atoms with Crippen molar-refractivity contribution in [2.75, 3.05) is 5.32 Å². The van der Waals surface area contributed by atoms with Crippen LogP contribution in [0.25, 0.3) is 16.7 Å². The Morgan fingerprint density at radius 1 is 0.923 bits per heavy atom. The Hall–Kier alpha value is -3.47. The third-order valence-corrected chi connectivity index (χ3v) is 4.14. The zero-order valence-electron chi connectivity index (χ0n) is 14.4. The van der Waals surface area contributed by atoms with Crippen molar-refractivity contribution in [1.29, 1.82) is 0 Å². The van der Waals surface area contributed by atoms with Gasteiger partial charge in [-0.3, -0.25) is 4.79 Å². The van der Waals surface area contributed by atoms with E-state index in [0.717, 1.165) is 28.0 Å². The van der Waals surface area contributed by atoms with E-state index in [2.05, 4.69) is 15.5 Å². The first-order chi connectivity index (χ1) is 12.7. The van der Waals surface area contributed by atoms with Crippen LogP contribution in [0.3, 0.4) is 0 Å². The zero-order valence-corrected chi connectivity index (χ0v) is 14.4. The number of anilines is 1. The van der Waals surface area contributed by atoms with Gasteiger partial charge in [-0.25, -0.2) is 0 Å². The molecule has 0 radical (unpaired) electrons. The summed E-state index contributed by atoms with van der Waals surface area (Å²) in [4.78, 5) is 13.8. The molecule has 1 heterocycles. The Kier molecular flexibility index (Phi) is 4.19. The molecular weight excluding hydrogens is 324 g/mol. The Bertz CT molecular complexity index is 1050. The number of carbonyl (C=O) groups is 1. The van der Waals surface area contributed by atoms with Gasteiger partial charge < -0.3 is 5.32 Å². The van der Waals surface area contributed by atoms with Crippen LogP contribution in [0.15, 0.2) is 72.8 Å². The van der Waals surface area contributed by atoms with Gasteiger partial charge in [0.25, 0.3) is 0 Å². The summed E-state index contributed by atoms with van der Waals surface area (Å²) >= 11 is 0. The molecule has 0 aliphatic heterocycles. The molecule has 128 valence electrons. The van der Waals surface area contributed by atoms with Crippen molar-refractivity contribution >= 4 is 22.6 Å². The monoisotopic (exact) mass is 342 g/mol. The molecule has 0 spiro atoms. The average Bonchev–Trinajstić information content (AvgIpc) is 3.06. The highest BCUT2D eigenvalue weighted by Gasteiger charge is 2.08. The molecule has 1 N–H and O–H groups in total. The maximum atomic E-state index is 12.2. The Morgan fingerprint density at radius 3 is 2.42 bits per heavy atom. The third kappa shape index (κ3) is 3.47. The molecule has 0 saturated carbocycles. The summed E-state index contributed by atoms with van der Waals surface area (Å²) in [5.41, 5.74) is 5.32. The first-order valence-electron chi connectivity index (χ1n) is 8.45. The van der Waals surface area contributed by atoms with E-state index in [-0.39, 0.29) is 5.91 Å². The van der Waals surface area contributed by atoms with Crippen molar-refractivity contribution in [3.8, 4) is 5.69 Å². The number of hydrogen-bond acceptors (Lipinski definition) is 3. The Morgan fingerprint density at radius 2 is 1.65 bits per heavy atom. The maximum absolute atomic E-state index is 12.2. The quantitative estimate of drug-likeness (QED) is 0.612. The Balaban J connectivity index is 1.54. The van der Waals surface area contributed by atoms with Crippen LogP contribution in [0, 0.1) is 6.92 Å². The lowest BCUT2D eigenvalue weighted by atomic mass is 10.1. The molecule has 5 heteroatoms. The van der Waals surface area contributed by atoms with Crippen LogP contribution >= 0.6 is 0 Å². The fourth-order valence-corrected chi connectivity index (χ4v) is 2.77. The van der Waals surface area contributed by atoms with Gasteiger partial charge in [0.15, 0.2) is 0 Å². The summed E-state index contributed by atoms with van der Waals surface area (Å²) in [5.74, 6) is -0.0542. The number of benzene rings is 3. The van der Waals surface area contributed by atoms with E-state index in [1.54, 1.807) is 4.80 Å². The number of nitrogens with one attached hydrogen (secondary N) is 1. The van der Waals surface area contributed by atoms with Crippen LogP contribution in [0.4, 0.5) is 5.69 Å². The van der Waals surface area contributed by atoms with Gasteiger partial charge in [-0.05, 0) is 42.8 Å². The lowest BCUT2D eigenvalue weighted by molar-refractivity contribution is -0.115. The molecule has 26 heavy (non-hydrogen) atoms. The first-order valence-corrected chi connectivity index (χ1v) is 8.45. The highest BCUT2D eigenvalue weighted by Crippen LogP contribution is 2.18. The lowest BCUT2D eigenvalue weighted by Crippen LogP contribution is -2.14. The fraction of sp³-hybridized carbons (Fsp3) is 0.0952. The van der Waals surface area contributed by atoms with Crippen molar-refractivity contribution in [2.45, 2.75) is 13.3 Å². The van der Waals surface area contributed by atoms with E-state index in [1.807, 2.05) is 79.7 Å². The van der Waals surface area contributed by atoms with Gasteiger partial charge in [-0.15, -0.1) is 10.2 Å². The second-order valence-corrected chi connectivity index (χ2v) is 6.24. The zero-order chi connectivity index (χ0) is 17.9. The molecule has 0 fully saturated rings. The molecule has 5 nitrogen and oxygen atoms in total. The van der Waals surface area contributed by atoms with Crippen molar-refractivity contribution in [2.24, 2.45) is 0 Å². The van der Waals surface area contributed by atoms with Crippen LogP contribution < -0.4 is 5.32 Å². The SMILES string of the molecule is Cc1ccc(-n2nc3ccc(NC(=O)Cc4ccccc4)cc3n2)cc1. The maximum Gasteiger partial charge on any atom is 0.228 e. The van der Waals surface area contributed by atoms with Crippen LogP contribution in [-0.2, 0) is 11.2 Å². The molecule has 0 bridgehead atoms. The molecular formula is C21H18N4O. The second kappa shape index (κ2) is 6.80. The first kappa shape index (κ1) is 16.0. The number of carbonyl (C=O) groups excluding carboxylic acids is 1.